The predicted molar refractivity (Wildman–Crippen MR) is 85.7 cm³/mol. The first-order chi connectivity index (χ1) is 9.96. The fraction of sp³-hybridized carbons (Fsp3) is 0.571. The summed E-state index contributed by atoms with van der Waals surface area (Å²) < 4.78 is 4.66. The first kappa shape index (κ1) is 17.3. The molecule has 0 aromatic carbocycles. The summed E-state index contributed by atoms with van der Waals surface area (Å²) in [6.07, 6.45) is 1.08. The number of nitrogen functional groups attached to an aromatic ring is 1. The highest BCUT2D eigenvalue weighted by Crippen LogP contribution is 2.35. The number of thiophene rings is 1. The van der Waals surface area contributed by atoms with Gasteiger partial charge in [0.15, 0.2) is 0 Å². The molecule has 1 atom stereocenters. The third-order valence-electron chi connectivity index (χ3n) is 3.52. The minimum Gasteiger partial charge on any atom is -0.465 e. The number of ether oxygens (including phenoxy) is 1. The lowest BCUT2D eigenvalue weighted by Gasteiger charge is -2.23. The highest BCUT2D eigenvalue weighted by atomic mass is 32.1. The van der Waals surface area contributed by atoms with E-state index < -0.39 is 5.97 Å². The summed E-state index contributed by atoms with van der Waals surface area (Å²) in [6, 6.07) is 2.54. The quantitative estimate of drug-likeness (QED) is 0.750. The SMILES string of the molecule is CCC(C)N(C)CCNc1sc(C(=O)OC)c(N)c1C#N. The fourth-order valence-corrected chi connectivity index (χ4v) is 2.82. The summed E-state index contributed by atoms with van der Waals surface area (Å²) >= 11 is 1.16. The van der Waals surface area contributed by atoms with Gasteiger partial charge in [-0.3, -0.25) is 0 Å². The molecule has 0 aliphatic heterocycles. The number of hydrogen-bond acceptors (Lipinski definition) is 7. The van der Waals surface area contributed by atoms with Gasteiger partial charge in [-0.25, -0.2) is 4.79 Å². The second-order valence-corrected chi connectivity index (χ2v) is 5.84. The third-order valence-corrected chi connectivity index (χ3v) is 4.66. The van der Waals surface area contributed by atoms with Gasteiger partial charge in [0.25, 0.3) is 0 Å². The Bertz CT molecular complexity index is 536. The largest absolute Gasteiger partial charge is 0.465 e. The number of rotatable bonds is 7. The van der Waals surface area contributed by atoms with Gasteiger partial charge in [0.2, 0.25) is 0 Å². The molecule has 0 aliphatic carbocycles. The number of likely N-dealkylation sites (N-methyl/N-ethyl adjacent to an activating group) is 1. The summed E-state index contributed by atoms with van der Waals surface area (Å²) in [5.74, 6) is -0.515. The summed E-state index contributed by atoms with van der Waals surface area (Å²) in [5, 5.41) is 13.0. The molecule has 0 radical (unpaired) electrons. The molecule has 116 valence electrons. The molecule has 0 amide bonds. The van der Waals surface area contributed by atoms with Crippen molar-refractivity contribution in [3.05, 3.63) is 10.4 Å². The van der Waals surface area contributed by atoms with Gasteiger partial charge in [-0.05, 0) is 20.4 Å². The first-order valence-electron chi connectivity index (χ1n) is 6.80. The van der Waals surface area contributed by atoms with Crippen LogP contribution in [0.15, 0.2) is 0 Å². The van der Waals surface area contributed by atoms with E-state index in [2.05, 4.69) is 35.8 Å². The van der Waals surface area contributed by atoms with Crippen molar-refractivity contribution < 1.29 is 9.53 Å². The van der Waals surface area contributed by atoms with Crippen molar-refractivity contribution in [1.29, 1.82) is 5.26 Å². The van der Waals surface area contributed by atoms with Gasteiger partial charge in [-0.1, -0.05) is 6.92 Å². The lowest BCUT2D eigenvalue weighted by atomic mass is 10.2. The molecule has 0 saturated carbocycles. The second kappa shape index (κ2) is 7.86. The van der Waals surface area contributed by atoms with Crippen molar-refractivity contribution in [2.45, 2.75) is 26.3 Å². The topological polar surface area (TPSA) is 91.4 Å². The maximum Gasteiger partial charge on any atom is 0.350 e. The lowest BCUT2D eigenvalue weighted by molar-refractivity contribution is 0.0607. The van der Waals surface area contributed by atoms with E-state index in [1.54, 1.807) is 0 Å². The van der Waals surface area contributed by atoms with Crippen LogP contribution in [0.25, 0.3) is 0 Å². The zero-order valence-electron chi connectivity index (χ0n) is 12.9. The lowest BCUT2D eigenvalue weighted by Crippen LogP contribution is -2.32. The third kappa shape index (κ3) is 4.09. The highest BCUT2D eigenvalue weighted by molar-refractivity contribution is 7.18. The number of esters is 1. The Morgan fingerprint density at radius 2 is 2.29 bits per heavy atom. The van der Waals surface area contributed by atoms with Crippen LogP contribution >= 0.6 is 11.3 Å². The van der Waals surface area contributed by atoms with Gasteiger partial charge >= 0.3 is 5.97 Å². The standard InChI is InChI=1S/C14H22N4O2S/c1-5-9(2)18(3)7-6-17-13-10(8-15)11(16)12(21-13)14(19)20-4/h9,17H,5-7,16H2,1-4H3. The van der Waals surface area contributed by atoms with Crippen LogP contribution in [-0.2, 0) is 4.74 Å². The van der Waals surface area contributed by atoms with Gasteiger partial charge in [0, 0.05) is 19.1 Å². The van der Waals surface area contributed by atoms with Crippen LogP contribution < -0.4 is 11.1 Å². The van der Waals surface area contributed by atoms with E-state index in [1.807, 2.05) is 6.07 Å². The van der Waals surface area contributed by atoms with E-state index in [-0.39, 0.29) is 10.6 Å². The van der Waals surface area contributed by atoms with Crippen LogP contribution in [0.4, 0.5) is 10.7 Å². The van der Waals surface area contributed by atoms with Crippen molar-refractivity contribution >= 4 is 28.0 Å². The Hall–Kier alpha value is -1.78. The van der Waals surface area contributed by atoms with Gasteiger partial charge in [-0.15, -0.1) is 11.3 Å². The van der Waals surface area contributed by atoms with Crippen LogP contribution in [0.2, 0.25) is 0 Å². The average Bonchev–Trinajstić information content (AvgIpc) is 2.81. The molecule has 0 bridgehead atoms. The zero-order chi connectivity index (χ0) is 16.0. The molecule has 6 nitrogen and oxygen atoms in total. The summed E-state index contributed by atoms with van der Waals surface area (Å²) in [5.41, 5.74) is 6.33. The van der Waals surface area contributed by atoms with E-state index in [9.17, 15) is 10.1 Å². The van der Waals surface area contributed by atoms with Crippen LogP contribution in [0.3, 0.4) is 0 Å². The van der Waals surface area contributed by atoms with E-state index in [0.29, 0.717) is 23.2 Å². The molecule has 0 aliphatic rings. The number of carbonyl (C=O) groups excluding carboxylic acids is 1. The molecule has 1 rings (SSSR count). The Balaban J connectivity index is 2.76. The number of methoxy groups -OCH3 is 1. The summed E-state index contributed by atoms with van der Waals surface area (Å²) in [4.78, 5) is 14.1. The van der Waals surface area contributed by atoms with Crippen LogP contribution in [0.5, 0.6) is 0 Å². The van der Waals surface area contributed by atoms with E-state index in [4.69, 9.17) is 5.73 Å². The number of nitrogens with zero attached hydrogens (tertiary/aromatic N) is 2. The monoisotopic (exact) mass is 310 g/mol. The number of hydrogen-bond donors (Lipinski definition) is 2. The minimum absolute atomic E-state index is 0.187. The number of anilines is 2. The molecule has 0 spiro atoms. The summed E-state index contributed by atoms with van der Waals surface area (Å²) in [6.45, 7) is 5.82. The minimum atomic E-state index is -0.515. The molecule has 1 unspecified atom stereocenters. The van der Waals surface area contributed by atoms with Gasteiger partial charge in [0.05, 0.1) is 12.8 Å². The number of nitrogens with two attached hydrogens (primary N) is 1. The van der Waals surface area contributed by atoms with Crippen molar-refractivity contribution in [2.75, 3.05) is 38.3 Å². The average molecular weight is 310 g/mol. The zero-order valence-corrected chi connectivity index (χ0v) is 13.7. The molecule has 7 heteroatoms. The number of carbonyl (C=O) groups is 1. The molecule has 21 heavy (non-hydrogen) atoms. The summed E-state index contributed by atoms with van der Waals surface area (Å²) in [7, 11) is 3.35. The van der Waals surface area contributed by atoms with E-state index >= 15 is 0 Å². The number of nitrogens with one attached hydrogen (secondary N) is 1. The Kier molecular flexibility index (Phi) is 6.46. The van der Waals surface area contributed by atoms with Gasteiger partial charge in [0.1, 0.15) is 21.5 Å². The van der Waals surface area contributed by atoms with Crippen LogP contribution in [0.1, 0.15) is 35.5 Å². The van der Waals surface area contributed by atoms with Crippen molar-refractivity contribution in [1.82, 2.24) is 4.90 Å². The van der Waals surface area contributed by atoms with Crippen LogP contribution in [-0.4, -0.2) is 44.2 Å². The molecular weight excluding hydrogens is 288 g/mol. The van der Waals surface area contributed by atoms with E-state index in [0.717, 1.165) is 24.3 Å². The van der Waals surface area contributed by atoms with Gasteiger partial charge < -0.3 is 20.7 Å². The maximum absolute atomic E-state index is 11.6. The van der Waals surface area contributed by atoms with Crippen molar-refractivity contribution in [3.63, 3.8) is 0 Å². The molecule has 0 fully saturated rings. The molecule has 1 heterocycles. The van der Waals surface area contributed by atoms with Gasteiger partial charge in [-0.2, -0.15) is 5.26 Å². The molecule has 1 aromatic rings. The van der Waals surface area contributed by atoms with E-state index in [1.165, 1.54) is 7.11 Å². The Morgan fingerprint density at radius 1 is 1.62 bits per heavy atom. The smallest absolute Gasteiger partial charge is 0.350 e. The molecule has 0 saturated heterocycles. The fourth-order valence-electron chi connectivity index (χ4n) is 1.80. The first-order valence-corrected chi connectivity index (χ1v) is 7.62. The predicted octanol–water partition coefficient (Wildman–Crippen LogP) is 2.13. The molecular formula is C14H22N4O2S. The second-order valence-electron chi connectivity index (χ2n) is 4.82. The highest BCUT2D eigenvalue weighted by Gasteiger charge is 2.21. The molecule has 3 N–H and O–H groups in total. The number of nitriles is 1. The Morgan fingerprint density at radius 3 is 2.81 bits per heavy atom. The normalized spacial score (nSPS) is 12.0. The van der Waals surface area contributed by atoms with Crippen molar-refractivity contribution in [3.8, 4) is 6.07 Å². The molecule has 1 aromatic heterocycles. The maximum atomic E-state index is 11.6. The van der Waals surface area contributed by atoms with Crippen LogP contribution in [0, 0.1) is 11.3 Å². The Labute approximate surface area is 129 Å². The van der Waals surface area contributed by atoms with Crippen molar-refractivity contribution in [2.24, 2.45) is 0 Å².